The van der Waals surface area contributed by atoms with Gasteiger partial charge in [-0.3, -0.25) is 9.59 Å². The Kier molecular flexibility index (Phi) is 6.22. The van der Waals surface area contributed by atoms with Crippen LogP contribution < -0.4 is 0 Å². The monoisotopic (exact) mass is 306 g/mol. The molecule has 0 N–H and O–H groups in total. The molecule has 0 saturated carbocycles. The molecule has 0 aromatic carbocycles. The lowest BCUT2D eigenvalue weighted by atomic mass is 9.63. The first kappa shape index (κ1) is 18.3. The molecule has 122 valence electrons. The molecule has 0 fully saturated rings. The summed E-state index contributed by atoms with van der Waals surface area (Å²) >= 11 is 0. The summed E-state index contributed by atoms with van der Waals surface area (Å²) in [7, 11) is 2.55. The zero-order valence-corrected chi connectivity index (χ0v) is 14.1. The van der Waals surface area contributed by atoms with Crippen molar-refractivity contribution in [3.05, 3.63) is 11.6 Å². The van der Waals surface area contributed by atoms with Gasteiger partial charge in [0, 0.05) is 12.3 Å². The van der Waals surface area contributed by atoms with Crippen molar-refractivity contribution in [2.75, 3.05) is 14.2 Å². The molecule has 4 heteroatoms. The molecule has 1 aliphatic carbocycles. The number of hydrogen-bond acceptors (Lipinski definition) is 4. The summed E-state index contributed by atoms with van der Waals surface area (Å²) in [5, 5.41) is 0. The van der Waals surface area contributed by atoms with Gasteiger partial charge in [-0.15, -0.1) is 12.3 Å². The highest BCUT2D eigenvalue weighted by Crippen LogP contribution is 2.46. The van der Waals surface area contributed by atoms with Crippen LogP contribution in [0, 0.1) is 35.5 Å². The van der Waals surface area contributed by atoms with Crippen molar-refractivity contribution < 1.29 is 19.1 Å². The summed E-state index contributed by atoms with van der Waals surface area (Å²) in [4.78, 5) is 25.0. The Morgan fingerprint density at radius 2 is 1.91 bits per heavy atom. The van der Waals surface area contributed by atoms with Crippen LogP contribution >= 0.6 is 0 Å². The average Bonchev–Trinajstić information content (AvgIpc) is 2.51. The highest BCUT2D eigenvalue weighted by Gasteiger charge is 2.55. The lowest BCUT2D eigenvalue weighted by Crippen LogP contribution is -2.49. The maximum atomic E-state index is 12.5. The largest absolute Gasteiger partial charge is 0.468 e. The Hall–Kier alpha value is -1.76. The minimum Gasteiger partial charge on any atom is -0.468 e. The lowest BCUT2D eigenvalue weighted by Gasteiger charge is -2.40. The van der Waals surface area contributed by atoms with Gasteiger partial charge in [-0.05, 0) is 31.6 Å². The average molecular weight is 306 g/mol. The normalized spacial score (nSPS) is 21.8. The van der Waals surface area contributed by atoms with E-state index in [-0.39, 0.29) is 12.3 Å². The highest BCUT2D eigenvalue weighted by atomic mass is 16.5. The van der Waals surface area contributed by atoms with Gasteiger partial charge in [0.25, 0.3) is 0 Å². The van der Waals surface area contributed by atoms with E-state index in [2.05, 4.69) is 25.8 Å². The fourth-order valence-electron chi connectivity index (χ4n) is 3.36. The second kappa shape index (κ2) is 7.49. The minimum absolute atomic E-state index is 0.0208. The lowest BCUT2D eigenvalue weighted by molar-refractivity contribution is -0.173. The molecule has 0 amide bonds. The second-order valence-electron chi connectivity index (χ2n) is 6.31. The number of carbonyl (C=O) groups is 2. The number of carbonyl (C=O) groups excluding carboxylic acids is 2. The summed E-state index contributed by atoms with van der Waals surface area (Å²) < 4.78 is 9.85. The van der Waals surface area contributed by atoms with Gasteiger partial charge in [-0.2, -0.15) is 0 Å². The van der Waals surface area contributed by atoms with Gasteiger partial charge < -0.3 is 9.47 Å². The first-order valence-electron chi connectivity index (χ1n) is 7.62. The molecule has 0 aromatic heterocycles. The van der Waals surface area contributed by atoms with Crippen LogP contribution in [0.1, 0.15) is 40.0 Å². The molecule has 22 heavy (non-hydrogen) atoms. The molecular weight excluding hydrogens is 280 g/mol. The third-order valence-electron chi connectivity index (χ3n) is 4.85. The standard InChI is InChI=1S/C18H26O4/c1-7-10-18(16(19)21-5,17(20)22-6)15-11-14(12(2)3)9-8-13(15)4/h1,8,12,14-15H,9-11H2,2-6H3/t14-,15+/m1/s1. The smallest absolute Gasteiger partial charge is 0.324 e. The van der Waals surface area contributed by atoms with E-state index in [0.29, 0.717) is 11.8 Å². The van der Waals surface area contributed by atoms with Crippen LogP contribution in [0.3, 0.4) is 0 Å². The summed E-state index contributed by atoms with van der Waals surface area (Å²) in [6.07, 6.45) is 9.23. The molecule has 0 heterocycles. The highest BCUT2D eigenvalue weighted by molar-refractivity contribution is 6.01. The fraction of sp³-hybridized carbons (Fsp3) is 0.667. The number of hydrogen-bond donors (Lipinski definition) is 0. The van der Waals surface area contributed by atoms with E-state index in [4.69, 9.17) is 15.9 Å². The summed E-state index contributed by atoms with van der Waals surface area (Å²) in [6, 6.07) is 0. The Morgan fingerprint density at radius 1 is 1.36 bits per heavy atom. The zero-order valence-electron chi connectivity index (χ0n) is 14.1. The Morgan fingerprint density at radius 3 is 2.32 bits per heavy atom. The number of terminal acetylenes is 1. The van der Waals surface area contributed by atoms with Crippen LogP contribution in [0.5, 0.6) is 0 Å². The number of rotatable bonds is 5. The van der Waals surface area contributed by atoms with Crippen molar-refractivity contribution in [2.24, 2.45) is 23.2 Å². The van der Waals surface area contributed by atoms with E-state index >= 15 is 0 Å². The summed E-state index contributed by atoms with van der Waals surface area (Å²) in [5.74, 6) is 1.83. The fourth-order valence-corrected chi connectivity index (χ4v) is 3.36. The molecule has 0 unspecified atom stereocenters. The van der Waals surface area contributed by atoms with E-state index in [9.17, 15) is 9.59 Å². The molecule has 0 spiro atoms. The van der Waals surface area contributed by atoms with Crippen LogP contribution in [0.25, 0.3) is 0 Å². The molecule has 0 aliphatic heterocycles. The zero-order chi connectivity index (χ0) is 16.9. The van der Waals surface area contributed by atoms with Gasteiger partial charge in [-0.1, -0.05) is 25.5 Å². The molecule has 0 aromatic rings. The molecule has 1 rings (SSSR count). The second-order valence-corrected chi connectivity index (χ2v) is 6.31. The number of esters is 2. The SMILES string of the molecule is C#CCC(C(=O)OC)(C(=O)OC)[C@H]1C[C@H](C(C)C)CC=C1C. The molecule has 4 nitrogen and oxygen atoms in total. The molecule has 0 radical (unpaired) electrons. The summed E-state index contributed by atoms with van der Waals surface area (Å²) in [6.45, 7) is 6.24. The number of methoxy groups -OCH3 is 2. The van der Waals surface area contributed by atoms with Gasteiger partial charge in [0.05, 0.1) is 14.2 Å². The van der Waals surface area contributed by atoms with Crippen molar-refractivity contribution in [1.29, 1.82) is 0 Å². The van der Waals surface area contributed by atoms with Crippen molar-refractivity contribution >= 4 is 11.9 Å². The Bertz CT molecular complexity index is 480. The summed E-state index contributed by atoms with van der Waals surface area (Å²) in [5.41, 5.74) is -0.449. The van der Waals surface area contributed by atoms with Crippen LogP contribution in [-0.4, -0.2) is 26.2 Å². The van der Waals surface area contributed by atoms with Crippen LogP contribution in [0.2, 0.25) is 0 Å². The minimum atomic E-state index is -1.45. The molecule has 2 atom stereocenters. The third kappa shape index (κ3) is 3.19. The number of allylic oxidation sites excluding steroid dienone is 2. The van der Waals surface area contributed by atoms with E-state index in [1.54, 1.807) is 0 Å². The van der Waals surface area contributed by atoms with Crippen molar-refractivity contribution in [3.8, 4) is 12.3 Å². The van der Waals surface area contributed by atoms with Gasteiger partial charge in [0.15, 0.2) is 5.41 Å². The number of ether oxygens (including phenoxy) is 2. The molecule has 1 aliphatic rings. The Labute approximate surface area is 133 Å². The van der Waals surface area contributed by atoms with E-state index in [1.165, 1.54) is 14.2 Å². The van der Waals surface area contributed by atoms with Crippen LogP contribution in [0.4, 0.5) is 0 Å². The molecule has 0 bridgehead atoms. The van der Waals surface area contributed by atoms with Crippen molar-refractivity contribution in [1.82, 2.24) is 0 Å². The van der Waals surface area contributed by atoms with Crippen LogP contribution in [-0.2, 0) is 19.1 Å². The molecule has 0 saturated heterocycles. The third-order valence-corrected chi connectivity index (χ3v) is 4.85. The Balaban J connectivity index is 3.39. The first-order valence-corrected chi connectivity index (χ1v) is 7.62. The van der Waals surface area contributed by atoms with Gasteiger partial charge >= 0.3 is 11.9 Å². The van der Waals surface area contributed by atoms with E-state index in [1.807, 2.05) is 6.92 Å². The predicted molar refractivity (Wildman–Crippen MR) is 84.7 cm³/mol. The van der Waals surface area contributed by atoms with Gasteiger partial charge in [0.2, 0.25) is 0 Å². The van der Waals surface area contributed by atoms with Crippen LogP contribution in [0.15, 0.2) is 11.6 Å². The van der Waals surface area contributed by atoms with E-state index in [0.717, 1.165) is 18.4 Å². The maximum Gasteiger partial charge on any atom is 0.324 e. The van der Waals surface area contributed by atoms with Gasteiger partial charge in [-0.25, -0.2) is 0 Å². The van der Waals surface area contributed by atoms with Gasteiger partial charge in [0.1, 0.15) is 0 Å². The molecular formula is C18H26O4. The topological polar surface area (TPSA) is 52.6 Å². The maximum absolute atomic E-state index is 12.5. The van der Waals surface area contributed by atoms with Crippen molar-refractivity contribution in [3.63, 3.8) is 0 Å². The first-order chi connectivity index (χ1) is 10.3. The predicted octanol–water partition coefficient (Wildman–Crippen LogP) is 2.97. The quantitative estimate of drug-likeness (QED) is 0.339. The van der Waals surface area contributed by atoms with E-state index < -0.39 is 17.4 Å². The van der Waals surface area contributed by atoms with Crippen molar-refractivity contribution in [2.45, 2.75) is 40.0 Å².